The average molecular weight is 388 g/mol. The summed E-state index contributed by atoms with van der Waals surface area (Å²) in [5.41, 5.74) is 1.06. The predicted molar refractivity (Wildman–Crippen MR) is 113 cm³/mol. The molecule has 1 saturated heterocycles. The summed E-state index contributed by atoms with van der Waals surface area (Å²) in [5.74, 6) is 2.24. The van der Waals surface area contributed by atoms with Gasteiger partial charge in [0.1, 0.15) is 5.82 Å². The molecule has 3 rings (SSSR count). The minimum Gasteiger partial charge on any atom is -0.372 e. The van der Waals surface area contributed by atoms with E-state index in [0.717, 1.165) is 43.2 Å². The van der Waals surface area contributed by atoms with Crippen molar-refractivity contribution in [2.45, 2.75) is 84.5 Å². The zero-order valence-electron chi connectivity index (χ0n) is 17.8. The number of anilines is 1. The van der Waals surface area contributed by atoms with Crippen LogP contribution in [-0.2, 0) is 16.1 Å². The van der Waals surface area contributed by atoms with E-state index in [1.165, 1.54) is 32.1 Å². The molecule has 2 heterocycles. The van der Waals surface area contributed by atoms with Gasteiger partial charge in [-0.2, -0.15) is 0 Å². The van der Waals surface area contributed by atoms with E-state index in [0.29, 0.717) is 6.54 Å². The third kappa shape index (κ3) is 5.94. The highest BCUT2D eigenvalue weighted by atomic mass is 16.5. The lowest BCUT2D eigenvalue weighted by Crippen LogP contribution is -2.45. The average Bonchev–Trinajstić information content (AvgIpc) is 2.70. The fourth-order valence-corrected chi connectivity index (χ4v) is 4.61. The summed E-state index contributed by atoms with van der Waals surface area (Å²) in [6, 6.07) is 4.14. The molecule has 2 aliphatic rings. The lowest BCUT2D eigenvalue weighted by Gasteiger charge is -2.36. The molecular weight excluding hydrogens is 350 g/mol. The minimum atomic E-state index is 0.196. The van der Waals surface area contributed by atoms with Crippen molar-refractivity contribution in [3.05, 3.63) is 23.9 Å². The van der Waals surface area contributed by atoms with E-state index in [1.807, 2.05) is 6.20 Å². The zero-order valence-corrected chi connectivity index (χ0v) is 17.8. The number of pyridine rings is 1. The second-order valence-corrected chi connectivity index (χ2v) is 8.76. The number of carbonyl (C=O) groups excluding carboxylic acids is 1. The number of amides is 1. The van der Waals surface area contributed by atoms with Gasteiger partial charge in [-0.3, -0.25) is 4.79 Å². The van der Waals surface area contributed by atoms with Crippen LogP contribution in [0.2, 0.25) is 0 Å². The number of aromatic nitrogens is 1. The number of nitrogens with zero attached hydrogens (tertiary/aromatic N) is 2. The van der Waals surface area contributed by atoms with Crippen LogP contribution in [0.4, 0.5) is 5.82 Å². The van der Waals surface area contributed by atoms with Gasteiger partial charge in [0.15, 0.2) is 0 Å². The van der Waals surface area contributed by atoms with Crippen molar-refractivity contribution in [3.8, 4) is 0 Å². The Morgan fingerprint density at radius 3 is 2.50 bits per heavy atom. The quantitative estimate of drug-likeness (QED) is 0.757. The van der Waals surface area contributed by atoms with E-state index in [9.17, 15) is 4.79 Å². The Kier molecular flexibility index (Phi) is 7.72. The van der Waals surface area contributed by atoms with Gasteiger partial charge in [-0.15, -0.1) is 0 Å². The van der Waals surface area contributed by atoms with Gasteiger partial charge in [0.25, 0.3) is 0 Å². The van der Waals surface area contributed by atoms with E-state index < -0.39 is 0 Å². The molecular formula is C23H37N3O2. The van der Waals surface area contributed by atoms with Crippen molar-refractivity contribution in [1.29, 1.82) is 0 Å². The van der Waals surface area contributed by atoms with E-state index in [1.54, 1.807) is 0 Å². The second-order valence-electron chi connectivity index (χ2n) is 8.76. The summed E-state index contributed by atoms with van der Waals surface area (Å²) in [5, 5.41) is 3.13. The Labute approximate surface area is 170 Å². The third-order valence-electron chi connectivity index (χ3n) is 6.20. The highest BCUT2D eigenvalue weighted by Crippen LogP contribution is 2.32. The number of ether oxygens (including phenoxy) is 1. The summed E-state index contributed by atoms with van der Waals surface area (Å²) in [4.78, 5) is 19.4. The number of carbonyl (C=O) groups is 1. The van der Waals surface area contributed by atoms with Crippen molar-refractivity contribution < 1.29 is 9.53 Å². The van der Waals surface area contributed by atoms with Gasteiger partial charge < -0.3 is 15.0 Å². The summed E-state index contributed by atoms with van der Waals surface area (Å²) in [7, 11) is 0. The first-order valence-corrected chi connectivity index (χ1v) is 11.2. The Hall–Kier alpha value is -1.62. The first kappa shape index (κ1) is 21.1. The maximum atomic E-state index is 12.5. The molecule has 156 valence electrons. The molecule has 0 bridgehead atoms. The van der Waals surface area contributed by atoms with Crippen LogP contribution in [-0.4, -0.2) is 36.2 Å². The molecule has 2 unspecified atom stereocenters. The predicted octanol–water partition coefficient (Wildman–Crippen LogP) is 4.31. The summed E-state index contributed by atoms with van der Waals surface area (Å²) >= 11 is 0. The molecule has 1 aliphatic heterocycles. The van der Waals surface area contributed by atoms with E-state index >= 15 is 0 Å². The Morgan fingerprint density at radius 1 is 1.18 bits per heavy atom. The molecule has 2 fully saturated rings. The third-order valence-corrected chi connectivity index (χ3v) is 6.20. The van der Waals surface area contributed by atoms with Gasteiger partial charge in [-0.05, 0) is 57.1 Å². The van der Waals surface area contributed by atoms with Crippen molar-refractivity contribution in [3.63, 3.8) is 0 Å². The first-order chi connectivity index (χ1) is 13.5. The van der Waals surface area contributed by atoms with Crippen LogP contribution < -0.4 is 10.2 Å². The molecule has 1 N–H and O–H groups in total. The van der Waals surface area contributed by atoms with Gasteiger partial charge in [0.2, 0.25) is 5.91 Å². The highest BCUT2D eigenvalue weighted by molar-refractivity contribution is 5.78. The summed E-state index contributed by atoms with van der Waals surface area (Å²) in [6.07, 6.45) is 10.8. The van der Waals surface area contributed by atoms with Crippen LogP contribution in [0, 0.1) is 11.8 Å². The zero-order chi connectivity index (χ0) is 19.9. The van der Waals surface area contributed by atoms with Crippen molar-refractivity contribution in [1.82, 2.24) is 10.3 Å². The smallest absolute Gasteiger partial charge is 0.223 e. The van der Waals surface area contributed by atoms with E-state index in [4.69, 9.17) is 4.74 Å². The molecule has 0 spiro atoms. The number of nitrogens with one attached hydrogen (secondary N) is 1. The maximum Gasteiger partial charge on any atom is 0.223 e. The van der Waals surface area contributed by atoms with Gasteiger partial charge >= 0.3 is 0 Å². The maximum absolute atomic E-state index is 12.5. The van der Waals surface area contributed by atoms with Crippen LogP contribution in [0.25, 0.3) is 0 Å². The number of unbranched alkanes of at least 4 members (excludes halogenated alkanes) is 1. The molecule has 1 aromatic heterocycles. The topological polar surface area (TPSA) is 54.5 Å². The molecule has 0 radical (unpaired) electrons. The fourth-order valence-electron chi connectivity index (χ4n) is 4.61. The first-order valence-electron chi connectivity index (χ1n) is 11.2. The summed E-state index contributed by atoms with van der Waals surface area (Å²) in [6.45, 7) is 8.76. The number of rotatable bonds is 7. The summed E-state index contributed by atoms with van der Waals surface area (Å²) < 4.78 is 5.79. The fraction of sp³-hybridized carbons (Fsp3) is 0.739. The van der Waals surface area contributed by atoms with Gasteiger partial charge in [0.05, 0.1) is 12.2 Å². The van der Waals surface area contributed by atoms with Crippen LogP contribution in [0.3, 0.4) is 0 Å². The Balaban J connectivity index is 1.43. The molecule has 28 heavy (non-hydrogen) atoms. The standard InChI is InChI=1S/C23H37N3O2/c1-4-5-6-19-7-10-21(11-8-19)23(27)25-14-20-9-12-22(24-13-20)26-15-17(2)28-18(3)16-26/h9,12-13,17-19,21H,4-8,10-11,14-16H2,1-3H3,(H,25,27). The minimum absolute atomic E-state index is 0.196. The molecule has 5 heteroatoms. The van der Waals surface area contributed by atoms with Crippen molar-refractivity contribution in [2.75, 3.05) is 18.0 Å². The number of hydrogen-bond acceptors (Lipinski definition) is 4. The van der Waals surface area contributed by atoms with Crippen LogP contribution >= 0.6 is 0 Å². The molecule has 0 aromatic carbocycles. The largest absolute Gasteiger partial charge is 0.372 e. The van der Waals surface area contributed by atoms with Crippen LogP contribution in [0.15, 0.2) is 18.3 Å². The van der Waals surface area contributed by atoms with E-state index in [-0.39, 0.29) is 24.0 Å². The van der Waals surface area contributed by atoms with Gasteiger partial charge in [0, 0.05) is 31.7 Å². The molecule has 1 aromatic rings. The molecule has 5 nitrogen and oxygen atoms in total. The second kappa shape index (κ2) is 10.2. The molecule has 1 saturated carbocycles. The van der Waals surface area contributed by atoms with Gasteiger partial charge in [-0.1, -0.05) is 32.3 Å². The normalized spacial score (nSPS) is 28.2. The lowest BCUT2D eigenvalue weighted by atomic mass is 9.79. The Morgan fingerprint density at radius 2 is 1.89 bits per heavy atom. The molecule has 1 aliphatic carbocycles. The SMILES string of the molecule is CCCCC1CCC(C(=O)NCc2ccc(N3CC(C)OC(C)C3)nc2)CC1. The number of morpholine rings is 1. The number of hydrogen-bond donors (Lipinski definition) is 1. The highest BCUT2D eigenvalue weighted by Gasteiger charge is 2.26. The van der Waals surface area contributed by atoms with Gasteiger partial charge in [-0.25, -0.2) is 4.98 Å². The molecule has 1 amide bonds. The van der Waals surface area contributed by atoms with E-state index in [2.05, 4.69) is 48.1 Å². The lowest BCUT2D eigenvalue weighted by molar-refractivity contribution is -0.126. The van der Waals surface area contributed by atoms with Crippen molar-refractivity contribution in [2.24, 2.45) is 11.8 Å². The Bertz CT molecular complexity index is 601. The van der Waals surface area contributed by atoms with Crippen LogP contribution in [0.1, 0.15) is 71.3 Å². The van der Waals surface area contributed by atoms with Crippen LogP contribution in [0.5, 0.6) is 0 Å². The monoisotopic (exact) mass is 387 g/mol. The van der Waals surface area contributed by atoms with Crippen molar-refractivity contribution >= 4 is 11.7 Å². The molecule has 2 atom stereocenters.